The van der Waals surface area contributed by atoms with E-state index in [0.717, 1.165) is 36.3 Å². The average Bonchev–Trinajstić information content (AvgIpc) is 2.52. The number of rotatable bonds is 11. The molecule has 1 aromatic rings. The molecule has 1 rings (SSSR count). The van der Waals surface area contributed by atoms with Crippen LogP contribution in [0.2, 0.25) is 0 Å². The Morgan fingerprint density at radius 1 is 1.26 bits per heavy atom. The number of unbranched alkanes of at least 4 members (excludes halogenated alkanes) is 1. The van der Waals surface area contributed by atoms with Gasteiger partial charge in [-0.3, -0.25) is 4.79 Å². The maximum atomic E-state index is 12.0. The number of carbonyl (C=O) groups is 2. The minimum absolute atomic E-state index is 0.0844. The quantitative estimate of drug-likeness (QED) is 0.465. The van der Waals surface area contributed by atoms with Gasteiger partial charge in [0.05, 0.1) is 6.42 Å². The summed E-state index contributed by atoms with van der Waals surface area (Å²) in [4.78, 5) is 24.2. The molecule has 5 heteroatoms. The van der Waals surface area contributed by atoms with Crippen LogP contribution in [0.15, 0.2) is 29.2 Å². The van der Waals surface area contributed by atoms with Crippen molar-refractivity contribution in [3.63, 3.8) is 0 Å². The molecule has 0 aliphatic carbocycles. The van der Waals surface area contributed by atoms with Gasteiger partial charge in [-0.05, 0) is 31.4 Å². The second kappa shape index (κ2) is 11.6. The maximum absolute atomic E-state index is 12.0. The molecule has 0 radical (unpaired) electrons. The van der Waals surface area contributed by atoms with Crippen LogP contribution < -0.4 is 5.32 Å². The molecular weight excluding hydrogens is 326 g/mol. The van der Waals surface area contributed by atoms with Crippen LogP contribution in [0.5, 0.6) is 0 Å². The highest BCUT2D eigenvalue weighted by Crippen LogP contribution is 2.37. The van der Waals surface area contributed by atoms with Crippen molar-refractivity contribution in [2.75, 3.05) is 6.54 Å². The minimum Gasteiger partial charge on any atom is -0.356 e. The molecule has 0 fully saturated rings. The highest BCUT2D eigenvalue weighted by Gasteiger charge is 2.11. The molecule has 1 aromatic carbocycles. The van der Waals surface area contributed by atoms with Gasteiger partial charge >= 0.3 is 0 Å². The van der Waals surface area contributed by atoms with Crippen LogP contribution in [0.4, 0.5) is 0 Å². The standard InChI is InChI=1S/C18H27NO2S2/c1-4-5-12-19-18(21)13-16-8-6-7-9-17(16)23-22-15(3)11-10-14(2)20/h6-9,15H,4-5,10-13H2,1-3H3,(H,19,21). The van der Waals surface area contributed by atoms with Gasteiger partial charge in [0.25, 0.3) is 0 Å². The van der Waals surface area contributed by atoms with Gasteiger partial charge < -0.3 is 10.1 Å². The zero-order valence-electron chi connectivity index (χ0n) is 14.3. The summed E-state index contributed by atoms with van der Waals surface area (Å²) in [5, 5.41) is 3.38. The first-order chi connectivity index (χ1) is 11.0. The zero-order valence-corrected chi connectivity index (χ0v) is 15.9. The van der Waals surface area contributed by atoms with Gasteiger partial charge in [0.2, 0.25) is 5.91 Å². The predicted octanol–water partition coefficient (Wildman–Crippen LogP) is 4.64. The summed E-state index contributed by atoms with van der Waals surface area (Å²) in [6.07, 6.45) is 4.06. The largest absolute Gasteiger partial charge is 0.356 e. The number of Topliss-reactive ketones (excluding diaryl/α,β-unsaturated/α-hetero) is 1. The number of hydrogen-bond acceptors (Lipinski definition) is 4. The van der Waals surface area contributed by atoms with Crippen LogP contribution in [0.25, 0.3) is 0 Å². The zero-order chi connectivity index (χ0) is 17.1. The summed E-state index contributed by atoms with van der Waals surface area (Å²) in [5.74, 6) is 0.327. The molecule has 128 valence electrons. The third-order valence-electron chi connectivity index (χ3n) is 3.38. The van der Waals surface area contributed by atoms with Crippen LogP contribution in [0.1, 0.15) is 52.0 Å². The van der Waals surface area contributed by atoms with Gasteiger partial charge in [0.15, 0.2) is 0 Å². The third-order valence-corrected chi connectivity index (χ3v) is 6.43. The van der Waals surface area contributed by atoms with E-state index in [1.54, 1.807) is 28.5 Å². The van der Waals surface area contributed by atoms with Crippen molar-refractivity contribution in [3.05, 3.63) is 29.8 Å². The van der Waals surface area contributed by atoms with Crippen LogP contribution in [0, 0.1) is 0 Å². The molecule has 0 heterocycles. The van der Waals surface area contributed by atoms with Gasteiger partial charge in [-0.25, -0.2) is 0 Å². The van der Waals surface area contributed by atoms with Crippen molar-refractivity contribution in [2.45, 2.75) is 63.0 Å². The van der Waals surface area contributed by atoms with Crippen molar-refractivity contribution in [1.82, 2.24) is 5.32 Å². The lowest BCUT2D eigenvalue weighted by Crippen LogP contribution is -2.26. The van der Waals surface area contributed by atoms with E-state index in [9.17, 15) is 9.59 Å². The summed E-state index contributed by atoms with van der Waals surface area (Å²) in [6.45, 7) is 6.64. The molecule has 1 atom stereocenters. The lowest BCUT2D eigenvalue weighted by Gasteiger charge is -2.12. The highest BCUT2D eigenvalue weighted by atomic mass is 33.1. The van der Waals surface area contributed by atoms with Gasteiger partial charge in [-0.15, -0.1) is 0 Å². The number of ketones is 1. The normalized spacial score (nSPS) is 12.0. The summed E-state index contributed by atoms with van der Waals surface area (Å²) in [5.41, 5.74) is 1.07. The third kappa shape index (κ3) is 9.06. The molecule has 0 saturated heterocycles. The van der Waals surface area contributed by atoms with Crippen molar-refractivity contribution in [1.29, 1.82) is 0 Å². The van der Waals surface area contributed by atoms with E-state index in [-0.39, 0.29) is 11.7 Å². The lowest BCUT2D eigenvalue weighted by molar-refractivity contribution is -0.120. The van der Waals surface area contributed by atoms with E-state index in [2.05, 4.69) is 25.2 Å². The summed E-state index contributed by atoms with van der Waals surface area (Å²) < 4.78 is 0. The molecule has 0 aliphatic rings. The average molecular weight is 354 g/mol. The number of nitrogens with one attached hydrogen (secondary N) is 1. The smallest absolute Gasteiger partial charge is 0.224 e. The molecule has 1 N–H and O–H groups in total. The fourth-order valence-corrected chi connectivity index (χ4v) is 4.40. The van der Waals surface area contributed by atoms with Crippen molar-refractivity contribution >= 4 is 33.3 Å². The Balaban J connectivity index is 2.49. The summed E-state index contributed by atoms with van der Waals surface area (Å²) in [7, 11) is 3.47. The fraction of sp³-hybridized carbons (Fsp3) is 0.556. The van der Waals surface area contributed by atoms with Gasteiger partial charge in [0, 0.05) is 23.1 Å². The second-order valence-corrected chi connectivity index (χ2v) is 8.40. The molecule has 3 nitrogen and oxygen atoms in total. The van der Waals surface area contributed by atoms with E-state index >= 15 is 0 Å². The Morgan fingerprint density at radius 3 is 2.70 bits per heavy atom. The molecular formula is C18H27NO2S2. The van der Waals surface area contributed by atoms with E-state index in [1.807, 2.05) is 18.2 Å². The van der Waals surface area contributed by atoms with Gasteiger partial charge in [0.1, 0.15) is 5.78 Å². The summed E-state index contributed by atoms with van der Waals surface area (Å²) >= 11 is 0. The molecule has 1 unspecified atom stereocenters. The Hall–Kier alpha value is -0.940. The molecule has 0 saturated carbocycles. The topological polar surface area (TPSA) is 46.2 Å². The number of hydrogen-bond donors (Lipinski definition) is 1. The van der Waals surface area contributed by atoms with Crippen LogP contribution in [-0.2, 0) is 16.0 Å². The fourth-order valence-electron chi connectivity index (χ4n) is 1.96. The highest BCUT2D eigenvalue weighted by molar-refractivity contribution is 8.76. The Bertz CT molecular complexity index is 506. The van der Waals surface area contributed by atoms with Crippen molar-refractivity contribution in [3.8, 4) is 0 Å². The lowest BCUT2D eigenvalue weighted by atomic mass is 10.1. The molecule has 0 bridgehead atoms. The SMILES string of the molecule is CCCCNC(=O)Cc1ccccc1SSC(C)CCC(C)=O. The Morgan fingerprint density at radius 2 is 2.00 bits per heavy atom. The molecule has 0 aromatic heterocycles. The molecule has 1 amide bonds. The monoisotopic (exact) mass is 353 g/mol. The Labute approximate surface area is 147 Å². The Kier molecular flexibility index (Phi) is 10.1. The molecule has 0 spiro atoms. The van der Waals surface area contributed by atoms with E-state index in [1.165, 1.54) is 0 Å². The minimum atomic E-state index is 0.0844. The first-order valence-electron chi connectivity index (χ1n) is 8.20. The van der Waals surface area contributed by atoms with Gasteiger partial charge in [-0.1, -0.05) is 60.1 Å². The first-order valence-corrected chi connectivity index (χ1v) is 10.4. The van der Waals surface area contributed by atoms with Crippen molar-refractivity contribution < 1.29 is 9.59 Å². The van der Waals surface area contributed by atoms with Crippen molar-refractivity contribution in [2.24, 2.45) is 0 Å². The van der Waals surface area contributed by atoms with Crippen LogP contribution in [-0.4, -0.2) is 23.5 Å². The first kappa shape index (κ1) is 20.1. The van der Waals surface area contributed by atoms with Gasteiger partial charge in [-0.2, -0.15) is 0 Å². The van der Waals surface area contributed by atoms with E-state index in [0.29, 0.717) is 18.1 Å². The van der Waals surface area contributed by atoms with Crippen LogP contribution >= 0.6 is 21.6 Å². The second-order valence-electron chi connectivity index (χ2n) is 5.72. The number of amides is 1. The predicted molar refractivity (Wildman–Crippen MR) is 101 cm³/mol. The summed E-state index contributed by atoms with van der Waals surface area (Å²) in [6, 6.07) is 8.05. The van der Waals surface area contributed by atoms with Crippen LogP contribution in [0.3, 0.4) is 0 Å². The number of carbonyl (C=O) groups excluding carboxylic acids is 2. The number of benzene rings is 1. The molecule has 0 aliphatic heterocycles. The maximum Gasteiger partial charge on any atom is 0.224 e. The van der Waals surface area contributed by atoms with E-state index in [4.69, 9.17) is 0 Å². The molecule has 23 heavy (non-hydrogen) atoms. The van der Waals surface area contributed by atoms with E-state index < -0.39 is 0 Å².